The van der Waals surface area contributed by atoms with Crippen LogP contribution < -0.4 is 4.90 Å². The van der Waals surface area contributed by atoms with E-state index in [2.05, 4.69) is 40.3 Å². The van der Waals surface area contributed by atoms with Gasteiger partial charge in [0.25, 0.3) is 0 Å². The van der Waals surface area contributed by atoms with Crippen molar-refractivity contribution < 1.29 is 9.53 Å². The lowest BCUT2D eigenvalue weighted by Crippen LogP contribution is -2.45. The average Bonchev–Trinajstić information content (AvgIpc) is 2.91. The molecule has 0 aliphatic carbocycles. The van der Waals surface area contributed by atoms with Crippen molar-refractivity contribution in [3.05, 3.63) is 72.1 Å². The molecule has 180 valence electrons. The second-order valence-corrected chi connectivity index (χ2v) is 8.88. The molecular weight excluding hydrogens is 438 g/mol. The SMILES string of the molecule is CCC(C)COC(=O)C(C#N)c1nc2ccccc2nc1N1CCN(/C=C/c2ccccc2)CC1. The Hall–Kier alpha value is -3.92. The number of aromatic nitrogens is 2. The van der Waals surface area contributed by atoms with E-state index < -0.39 is 11.9 Å². The maximum atomic E-state index is 12.9. The highest BCUT2D eigenvalue weighted by molar-refractivity contribution is 5.85. The van der Waals surface area contributed by atoms with Crippen LogP contribution in [0.5, 0.6) is 0 Å². The van der Waals surface area contributed by atoms with Gasteiger partial charge in [0.2, 0.25) is 0 Å². The molecular formula is C28H31N5O2. The molecule has 0 N–H and O–H groups in total. The first-order valence-corrected chi connectivity index (χ1v) is 12.1. The van der Waals surface area contributed by atoms with Crippen molar-refractivity contribution in [1.29, 1.82) is 5.26 Å². The van der Waals surface area contributed by atoms with Crippen LogP contribution in [0.3, 0.4) is 0 Å². The second-order valence-electron chi connectivity index (χ2n) is 8.88. The van der Waals surface area contributed by atoms with Gasteiger partial charge in [0.1, 0.15) is 5.69 Å². The van der Waals surface area contributed by atoms with Gasteiger partial charge in [-0.3, -0.25) is 4.79 Å². The predicted octanol–water partition coefficient (Wildman–Crippen LogP) is 4.62. The van der Waals surface area contributed by atoms with Crippen LogP contribution in [-0.4, -0.2) is 53.6 Å². The topological polar surface area (TPSA) is 82.3 Å². The summed E-state index contributed by atoms with van der Waals surface area (Å²) in [7, 11) is 0. The molecule has 7 heteroatoms. The van der Waals surface area contributed by atoms with Gasteiger partial charge >= 0.3 is 5.97 Å². The molecule has 0 amide bonds. The fourth-order valence-corrected chi connectivity index (χ4v) is 3.92. The van der Waals surface area contributed by atoms with Crippen LogP contribution in [0.25, 0.3) is 17.1 Å². The van der Waals surface area contributed by atoms with Gasteiger partial charge in [-0.05, 0) is 35.9 Å². The van der Waals surface area contributed by atoms with Crippen molar-refractivity contribution >= 4 is 28.9 Å². The molecule has 2 heterocycles. The minimum atomic E-state index is -1.12. The Balaban J connectivity index is 1.56. The molecule has 2 unspecified atom stereocenters. The zero-order chi connectivity index (χ0) is 24.6. The lowest BCUT2D eigenvalue weighted by Gasteiger charge is -2.35. The Morgan fingerprint density at radius 1 is 1.06 bits per heavy atom. The summed E-state index contributed by atoms with van der Waals surface area (Å²) in [6.45, 7) is 7.36. The quantitative estimate of drug-likeness (QED) is 0.445. The first-order chi connectivity index (χ1) is 17.1. The summed E-state index contributed by atoms with van der Waals surface area (Å²) in [4.78, 5) is 26.9. The highest BCUT2D eigenvalue weighted by atomic mass is 16.5. The lowest BCUT2D eigenvalue weighted by molar-refractivity contribution is -0.145. The molecule has 7 nitrogen and oxygen atoms in total. The molecule has 35 heavy (non-hydrogen) atoms. The summed E-state index contributed by atoms with van der Waals surface area (Å²) in [5, 5.41) is 9.93. The van der Waals surface area contributed by atoms with Crippen molar-refractivity contribution in [1.82, 2.24) is 14.9 Å². The van der Waals surface area contributed by atoms with E-state index >= 15 is 0 Å². The number of nitriles is 1. The van der Waals surface area contributed by atoms with Gasteiger partial charge in [-0.25, -0.2) is 9.97 Å². The van der Waals surface area contributed by atoms with Crippen molar-refractivity contribution in [2.75, 3.05) is 37.7 Å². The number of piperazine rings is 1. The zero-order valence-corrected chi connectivity index (χ0v) is 20.3. The summed E-state index contributed by atoms with van der Waals surface area (Å²) in [6, 6.07) is 19.9. The predicted molar refractivity (Wildman–Crippen MR) is 138 cm³/mol. The Labute approximate surface area is 206 Å². The second kappa shape index (κ2) is 11.5. The normalized spacial score (nSPS) is 15.7. The fourth-order valence-electron chi connectivity index (χ4n) is 3.92. The van der Waals surface area contributed by atoms with E-state index in [0.29, 0.717) is 30.1 Å². The first-order valence-electron chi connectivity index (χ1n) is 12.1. The van der Waals surface area contributed by atoms with Crippen molar-refractivity contribution in [2.45, 2.75) is 26.2 Å². The monoisotopic (exact) mass is 469 g/mol. The number of fused-ring (bicyclic) bond motifs is 1. The van der Waals surface area contributed by atoms with Crippen LogP contribution in [0.1, 0.15) is 37.4 Å². The molecule has 1 fully saturated rings. The fraction of sp³-hybridized carbons (Fsp3) is 0.357. The van der Waals surface area contributed by atoms with Gasteiger partial charge in [-0.1, -0.05) is 62.7 Å². The summed E-state index contributed by atoms with van der Waals surface area (Å²) in [5.74, 6) is -0.870. The Bertz CT molecular complexity index is 1210. The minimum Gasteiger partial charge on any atom is -0.464 e. The number of carbonyl (C=O) groups is 1. The van der Waals surface area contributed by atoms with Gasteiger partial charge in [0, 0.05) is 26.2 Å². The van der Waals surface area contributed by atoms with E-state index in [0.717, 1.165) is 30.6 Å². The summed E-state index contributed by atoms with van der Waals surface area (Å²) in [5.41, 5.74) is 2.92. The Kier molecular flexibility index (Phi) is 7.94. The molecule has 1 saturated heterocycles. The smallest absolute Gasteiger partial charge is 0.329 e. The van der Waals surface area contributed by atoms with Crippen LogP contribution >= 0.6 is 0 Å². The number of rotatable bonds is 8. The average molecular weight is 470 g/mol. The van der Waals surface area contributed by atoms with Gasteiger partial charge in [0.05, 0.1) is 23.7 Å². The Morgan fingerprint density at radius 3 is 2.37 bits per heavy atom. The third-order valence-electron chi connectivity index (χ3n) is 6.31. The molecule has 0 bridgehead atoms. The van der Waals surface area contributed by atoms with Crippen molar-refractivity contribution in [3.8, 4) is 6.07 Å². The molecule has 4 rings (SSSR count). The van der Waals surface area contributed by atoms with Crippen LogP contribution in [0.2, 0.25) is 0 Å². The number of hydrogen-bond donors (Lipinski definition) is 0. The molecule has 0 radical (unpaired) electrons. The number of hydrogen-bond acceptors (Lipinski definition) is 7. The third-order valence-corrected chi connectivity index (χ3v) is 6.31. The number of esters is 1. The van der Waals surface area contributed by atoms with Crippen LogP contribution in [0.15, 0.2) is 60.8 Å². The van der Waals surface area contributed by atoms with E-state index in [9.17, 15) is 10.1 Å². The molecule has 1 aliphatic rings. The summed E-state index contributed by atoms with van der Waals surface area (Å²) in [6.07, 6.45) is 5.12. The first kappa shape index (κ1) is 24.2. The van der Waals surface area contributed by atoms with E-state index in [1.807, 2.05) is 56.3 Å². The van der Waals surface area contributed by atoms with Gasteiger partial charge in [-0.2, -0.15) is 5.26 Å². The summed E-state index contributed by atoms with van der Waals surface area (Å²) >= 11 is 0. The van der Waals surface area contributed by atoms with E-state index in [1.54, 1.807) is 0 Å². The summed E-state index contributed by atoms with van der Waals surface area (Å²) < 4.78 is 5.48. The molecule has 1 aliphatic heterocycles. The van der Waals surface area contributed by atoms with Gasteiger partial charge in [0.15, 0.2) is 11.7 Å². The van der Waals surface area contributed by atoms with E-state index in [-0.39, 0.29) is 12.5 Å². The van der Waals surface area contributed by atoms with Gasteiger partial charge in [-0.15, -0.1) is 0 Å². The maximum Gasteiger partial charge on any atom is 0.329 e. The maximum absolute atomic E-state index is 12.9. The number of nitrogens with zero attached hydrogens (tertiary/aromatic N) is 5. The van der Waals surface area contributed by atoms with Crippen LogP contribution in [-0.2, 0) is 9.53 Å². The van der Waals surface area contributed by atoms with E-state index in [4.69, 9.17) is 14.7 Å². The molecule has 2 atom stereocenters. The molecule has 1 aromatic heterocycles. The largest absolute Gasteiger partial charge is 0.464 e. The van der Waals surface area contributed by atoms with E-state index in [1.165, 1.54) is 0 Å². The zero-order valence-electron chi connectivity index (χ0n) is 20.3. The molecule has 0 spiro atoms. The lowest BCUT2D eigenvalue weighted by atomic mass is 10.1. The van der Waals surface area contributed by atoms with Crippen LogP contribution in [0.4, 0.5) is 5.82 Å². The van der Waals surface area contributed by atoms with Gasteiger partial charge < -0.3 is 14.5 Å². The minimum absolute atomic E-state index is 0.234. The highest BCUT2D eigenvalue weighted by Gasteiger charge is 2.31. The molecule has 3 aromatic rings. The van der Waals surface area contributed by atoms with Crippen molar-refractivity contribution in [3.63, 3.8) is 0 Å². The number of para-hydroxylation sites is 2. The van der Waals surface area contributed by atoms with Crippen molar-refractivity contribution in [2.24, 2.45) is 5.92 Å². The molecule has 2 aromatic carbocycles. The number of carbonyl (C=O) groups excluding carboxylic acids is 1. The third kappa shape index (κ3) is 5.96. The number of ether oxygens (including phenoxy) is 1. The standard InChI is InChI=1S/C28H31N5O2/c1-3-21(2)20-35-28(34)23(19-29)26-27(31-25-12-8-7-11-24(25)30-26)33-17-15-32(16-18-33)14-13-22-9-5-4-6-10-22/h4-14,21,23H,3,15-18,20H2,1-2H3/b14-13+. The Morgan fingerprint density at radius 2 is 1.71 bits per heavy atom. The molecule has 0 saturated carbocycles. The number of benzene rings is 2. The number of anilines is 1. The van der Waals surface area contributed by atoms with Crippen LogP contribution in [0, 0.1) is 17.2 Å². The highest BCUT2D eigenvalue weighted by Crippen LogP contribution is 2.29.